The largest absolute Gasteiger partial charge is 0.337 e. The zero-order valence-electron chi connectivity index (χ0n) is 12.7. The lowest BCUT2D eigenvalue weighted by Crippen LogP contribution is -2.31. The van der Waals surface area contributed by atoms with Crippen LogP contribution in [-0.2, 0) is 6.54 Å². The van der Waals surface area contributed by atoms with E-state index >= 15 is 0 Å². The molecular formula is C19H17N2OS+. The van der Waals surface area contributed by atoms with E-state index in [-0.39, 0.29) is 5.78 Å². The number of Topliss-reactive ketones (excluding diaryl/α,β-unsaturated/α-hetero) is 1. The van der Waals surface area contributed by atoms with Gasteiger partial charge in [-0.2, -0.15) is 0 Å². The minimum absolute atomic E-state index is 0.175. The zero-order chi connectivity index (χ0) is 15.6. The van der Waals surface area contributed by atoms with Crippen LogP contribution in [0.2, 0.25) is 0 Å². The van der Waals surface area contributed by atoms with Crippen LogP contribution in [0.5, 0.6) is 0 Å². The molecule has 1 aliphatic rings. The molecule has 1 aromatic heterocycles. The first kappa shape index (κ1) is 14.2. The zero-order valence-corrected chi connectivity index (χ0v) is 13.5. The van der Waals surface area contributed by atoms with E-state index in [1.165, 1.54) is 16.4 Å². The summed E-state index contributed by atoms with van der Waals surface area (Å²) in [5.74, 6) is 0.175. The normalized spacial score (nSPS) is 13.1. The van der Waals surface area contributed by atoms with Crippen LogP contribution < -0.4 is 9.47 Å². The van der Waals surface area contributed by atoms with Crippen molar-refractivity contribution in [3.63, 3.8) is 0 Å². The highest BCUT2D eigenvalue weighted by atomic mass is 32.1. The van der Waals surface area contributed by atoms with Crippen molar-refractivity contribution in [2.24, 2.45) is 0 Å². The summed E-state index contributed by atoms with van der Waals surface area (Å²) in [7, 11) is 0. The number of nitrogens with zero attached hydrogens (tertiary/aromatic N) is 2. The van der Waals surface area contributed by atoms with Crippen molar-refractivity contribution >= 4 is 22.3 Å². The SMILES string of the molecule is O=C(CN1CC[n+]2c(-c3ccccc3)csc21)c1ccccc1. The van der Waals surface area contributed by atoms with Gasteiger partial charge in [0.25, 0.3) is 0 Å². The summed E-state index contributed by atoms with van der Waals surface area (Å²) in [5, 5.41) is 3.36. The van der Waals surface area contributed by atoms with Crippen LogP contribution in [0.3, 0.4) is 0 Å². The third-order valence-corrected chi connectivity index (χ3v) is 5.19. The van der Waals surface area contributed by atoms with Crippen LogP contribution in [0, 0.1) is 0 Å². The molecular weight excluding hydrogens is 304 g/mol. The second-order valence-corrected chi connectivity index (χ2v) is 6.47. The molecule has 3 nitrogen and oxygen atoms in total. The summed E-state index contributed by atoms with van der Waals surface area (Å²) in [6.07, 6.45) is 0. The summed E-state index contributed by atoms with van der Waals surface area (Å²) in [6.45, 7) is 2.27. The van der Waals surface area contributed by atoms with Crippen LogP contribution in [0.25, 0.3) is 11.3 Å². The van der Waals surface area contributed by atoms with Crippen LogP contribution in [0.15, 0.2) is 66.0 Å². The van der Waals surface area contributed by atoms with E-state index in [0.717, 1.165) is 18.7 Å². The number of thiazole rings is 1. The van der Waals surface area contributed by atoms with Gasteiger partial charge in [-0.15, -0.1) is 0 Å². The van der Waals surface area contributed by atoms with Gasteiger partial charge in [0.05, 0.1) is 0 Å². The summed E-state index contributed by atoms with van der Waals surface area (Å²) in [6, 6.07) is 20.0. The smallest absolute Gasteiger partial charge is 0.290 e. The number of ketones is 1. The fourth-order valence-electron chi connectivity index (χ4n) is 2.98. The number of carbonyl (C=O) groups is 1. The molecule has 2 heterocycles. The molecule has 2 aromatic carbocycles. The maximum Gasteiger partial charge on any atom is 0.337 e. The molecule has 0 amide bonds. The Morgan fingerprint density at radius 2 is 1.74 bits per heavy atom. The van der Waals surface area contributed by atoms with E-state index in [1.54, 1.807) is 11.3 Å². The number of carbonyl (C=O) groups excluding carboxylic acids is 1. The Morgan fingerprint density at radius 1 is 1.04 bits per heavy atom. The molecule has 1 aliphatic heterocycles. The lowest BCUT2D eigenvalue weighted by Gasteiger charge is -2.07. The van der Waals surface area contributed by atoms with Crippen molar-refractivity contribution in [3.8, 4) is 11.3 Å². The number of aromatic nitrogens is 1. The highest BCUT2D eigenvalue weighted by molar-refractivity contribution is 7.13. The minimum atomic E-state index is 0.175. The van der Waals surface area contributed by atoms with Crippen molar-refractivity contribution in [1.82, 2.24) is 0 Å². The Morgan fingerprint density at radius 3 is 2.48 bits per heavy atom. The van der Waals surface area contributed by atoms with Gasteiger partial charge in [-0.05, 0) is 0 Å². The lowest BCUT2D eigenvalue weighted by atomic mass is 10.1. The molecule has 0 fully saturated rings. The molecule has 23 heavy (non-hydrogen) atoms. The van der Waals surface area contributed by atoms with E-state index in [0.29, 0.717) is 6.54 Å². The van der Waals surface area contributed by atoms with Crippen molar-refractivity contribution in [2.45, 2.75) is 6.54 Å². The highest BCUT2D eigenvalue weighted by Crippen LogP contribution is 2.28. The fraction of sp³-hybridized carbons (Fsp3) is 0.158. The molecule has 0 radical (unpaired) electrons. The first-order chi connectivity index (χ1) is 11.3. The van der Waals surface area contributed by atoms with E-state index in [1.807, 2.05) is 36.4 Å². The number of hydrogen-bond acceptors (Lipinski definition) is 3. The quantitative estimate of drug-likeness (QED) is 0.543. The van der Waals surface area contributed by atoms with Crippen LogP contribution in [0.1, 0.15) is 10.4 Å². The second-order valence-electron chi connectivity index (χ2n) is 5.63. The molecule has 0 unspecified atom stereocenters. The number of hydrogen-bond donors (Lipinski definition) is 0. The highest BCUT2D eigenvalue weighted by Gasteiger charge is 2.33. The van der Waals surface area contributed by atoms with E-state index in [2.05, 4.69) is 39.1 Å². The predicted octanol–water partition coefficient (Wildman–Crippen LogP) is 3.41. The van der Waals surface area contributed by atoms with Crippen molar-refractivity contribution < 1.29 is 9.36 Å². The molecule has 3 aromatic rings. The van der Waals surface area contributed by atoms with Gasteiger partial charge in [-0.25, -0.2) is 9.47 Å². The third kappa shape index (κ3) is 2.66. The van der Waals surface area contributed by atoms with Crippen molar-refractivity contribution in [3.05, 3.63) is 71.6 Å². The Kier molecular flexibility index (Phi) is 3.67. The number of fused-ring (bicyclic) bond motifs is 1. The molecule has 0 saturated heterocycles. The Balaban J connectivity index is 1.58. The molecule has 4 heteroatoms. The van der Waals surface area contributed by atoms with Crippen LogP contribution in [-0.4, -0.2) is 18.9 Å². The minimum Gasteiger partial charge on any atom is -0.290 e. The summed E-state index contributed by atoms with van der Waals surface area (Å²) < 4.78 is 2.32. The first-order valence-electron chi connectivity index (χ1n) is 7.73. The predicted molar refractivity (Wildman–Crippen MR) is 92.9 cm³/mol. The monoisotopic (exact) mass is 321 g/mol. The molecule has 4 rings (SSSR count). The Hall–Kier alpha value is -2.46. The van der Waals surface area contributed by atoms with Gasteiger partial charge in [0.2, 0.25) is 5.78 Å². The molecule has 0 atom stereocenters. The second kappa shape index (κ2) is 5.97. The van der Waals surface area contributed by atoms with Crippen LogP contribution in [0.4, 0.5) is 5.13 Å². The van der Waals surface area contributed by atoms with Gasteiger partial charge in [-0.1, -0.05) is 72.0 Å². The van der Waals surface area contributed by atoms with Gasteiger partial charge in [-0.3, -0.25) is 4.79 Å². The number of anilines is 1. The fourth-order valence-corrected chi connectivity index (χ4v) is 4.09. The summed E-state index contributed by atoms with van der Waals surface area (Å²) in [4.78, 5) is 14.6. The van der Waals surface area contributed by atoms with Gasteiger partial charge < -0.3 is 0 Å². The van der Waals surface area contributed by atoms with Gasteiger partial charge in [0, 0.05) is 16.5 Å². The number of rotatable bonds is 4. The standard InChI is InChI=1S/C19H17N2OS/c22-18(16-9-5-2-6-10-16)13-20-11-12-21-17(14-23-19(20)21)15-7-3-1-4-8-15/h1-10,14H,11-13H2/q+1. The van der Waals surface area contributed by atoms with E-state index in [9.17, 15) is 4.79 Å². The maximum absolute atomic E-state index is 12.4. The summed E-state index contributed by atoms with van der Waals surface area (Å²) >= 11 is 1.72. The first-order valence-corrected chi connectivity index (χ1v) is 8.61. The van der Waals surface area contributed by atoms with Gasteiger partial charge in [0.1, 0.15) is 25.3 Å². The van der Waals surface area contributed by atoms with E-state index < -0.39 is 0 Å². The Labute approximate surface area is 139 Å². The third-order valence-electron chi connectivity index (χ3n) is 4.16. The van der Waals surface area contributed by atoms with Crippen LogP contribution >= 0.6 is 11.3 Å². The van der Waals surface area contributed by atoms with E-state index in [4.69, 9.17) is 0 Å². The Bertz CT molecular complexity index is 827. The summed E-state index contributed by atoms with van der Waals surface area (Å²) in [5.41, 5.74) is 3.25. The molecule has 0 aliphatic carbocycles. The number of benzene rings is 2. The van der Waals surface area contributed by atoms with Crippen molar-refractivity contribution in [2.75, 3.05) is 18.0 Å². The lowest BCUT2D eigenvalue weighted by molar-refractivity contribution is -0.656. The molecule has 0 N–H and O–H groups in total. The van der Waals surface area contributed by atoms with Gasteiger partial charge in [0.15, 0.2) is 0 Å². The molecule has 114 valence electrons. The average Bonchev–Trinajstić information content (AvgIpc) is 3.19. The average molecular weight is 321 g/mol. The van der Waals surface area contributed by atoms with Gasteiger partial charge >= 0.3 is 5.13 Å². The topological polar surface area (TPSA) is 24.2 Å². The maximum atomic E-state index is 12.4. The van der Waals surface area contributed by atoms with Crippen molar-refractivity contribution in [1.29, 1.82) is 0 Å². The molecule has 0 bridgehead atoms. The molecule has 0 spiro atoms. The molecule has 0 saturated carbocycles.